The monoisotopic (exact) mass is 303 g/mol. The average molecular weight is 303 g/mol. The molecule has 1 spiro atoms. The fourth-order valence-electron chi connectivity index (χ4n) is 16.8. The first-order chi connectivity index (χ1) is 9.52. The van der Waals surface area contributed by atoms with Gasteiger partial charge in [0, 0.05) is 12.8 Å². The first-order valence-corrected chi connectivity index (χ1v) is 14.3. The van der Waals surface area contributed by atoms with Gasteiger partial charge in [-0.2, -0.15) is 5.26 Å². The van der Waals surface area contributed by atoms with Crippen molar-refractivity contribution >= 4 is 0 Å². The molecule has 1 nitrogen and oxygen atoms in total. The standard InChI is InChI=1S/C7H5.C6H7N.C5H5.Fe/c1-2-7-5-3-4-6-7;1-2-3-4-5-6-7;1-2-4-5-3-1;/h1,3-6H;1H,3-5H2;1-5H;. The van der Waals surface area contributed by atoms with Gasteiger partial charge >= 0.3 is 66.5 Å². The first kappa shape index (κ1) is 8.54. The molecule has 10 heterocycles. The van der Waals surface area contributed by atoms with E-state index in [1.165, 1.54) is 43.3 Å². The van der Waals surface area contributed by atoms with Gasteiger partial charge < -0.3 is 0 Å². The van der Waals surface area contributed by atoms with Crippen LogP contribution in [0.15, 0.2) is 0 Å². The summed E-state index contributed by atoms with van der Waals surface area (Å²) in [6.45, 7) is -2.74. The summed E-state index contributed by atoms with van der Waals surface area (Å²) in [5.74, 6) is 5.90. The summed E-state index contributed by atoms with van der Waals surface area (Å²) in [6.07, 6.45) is 13.1. The van der Waals surface area contributed by atoms with E-state index >= 15 is 0 Å². The maximum absolute atomic E-state index is 7.97. The summed E-state index contributed by atoms with van der Waals surface area (Å²) in [5.41, 5.74) is 0. The number of unbranched alkanes of at least 4 members (excludes halogenated alkanes) is 2. The van der Waals surface area contributed by atoms with E-state index in [1.807, 2.05) is 6.07 Å². The Morgan fingerprint density at radius 3 is 1.65 bits per heavy atom. The minimum absolute atomic E-state index is 0.588. The Morgan fingerprint density at radius 2 is 1.45 bits per heavy atom. The van der Waals surface area contributed by atoms with Crippen LogP contribution in [0, 0.1) is 36.0 Å². The van der Waals surface area contributed by atoms with Crippen LogP contribution in [0.3, 0.4) is 0 Å². The Balaban J connectivity index is 0.000000101. The van der Waals surface area contributed by atoms with Crippen LogP contribution in [0.1, 0.15) is 19.3 Å². The van der Waals surface area contributed by atoms with E-state index in [0.29, 0.717) is 6.42 Å². The average Bonchev–Trinajstić information content (AvgIpc) is 3.40. The molecule has 102 valence electrons. The summed E-state index contributed by atoms with van der Waals surface area (Å²) >= 11 is 0. The molecule has 0 N–H and O–H groups in total. The summed E-state index contributed by atoms with van der Waals surface area (Å²) < 4.78 is 0.763. The van der Waals surface area contributed by atoms with E-state index in [0.717, 1.165) is 17.2 Å². The molecule has 0 aromatic heterocycles. The zero-order valence-corrected chi connectivity index (χ0v) is 12.4. The second-order valence-electron chi connectivity index (χ2n) is 11.0. The zero-order chi connectivity index (χ0) is 13.3. The van der Waals surface area contributed by atoms with Crippen molar-refractivity contribution in [2.45, 2.75) is 66.9 Å². The van der Waals surface area contributed by atoms with Gasteiger partial charge in [-0.3, -0.25) is 0 Å². The quantitative estimate of drug-likeness (QED) is 0.412. The molecule has 0 saturated carbocycles. The molecule has 20 heavy (non-hydrogen) atoms. The molecule has 4 unspecified atom stereocenters. The fourth-order valence-corrected chi connectivity index (χ4v) is 89.9. The van der Waals surface area contributed by atoms with Crippen molar-refractivity contribution in [2.24, 2.45) is 0 Å². The first-order valence-electron chi connectivity index (χ1n) is 8.02. The number of hydrogen-bond acceptors (Lipinski definition) is 1. The number of hydrogen-bond donors (Lipinski definition) is 0. The molecule has 0 amide bonds. The van der Waals surface area contributed by atoms with E-state index in [4.69, 9.17) is 18.1 Å². The van der Waals surface area contributed by atoms with Crippen LogP contribution >= 0.6 is 0 Å². The van der Waals surface area contributed by atoms with Gasteiger partial charge in [0.2, 0.25) is 0 Å². The molecule has 2 heteroatoms. The van der Waals surface area contributed by atoms with Crippen molar-refractivity contribution in [1.29, 1.82) is 5.26 Å². The van der Waals surface area contributed by atoms with Crippen LogP contribution in [0.2, 0.25) is 47.7 Å². The molecule has 10 aliphatic heterocycles. The van der Waals surface area contributed by atoms with Crippen molar-refractivity contribution in [1.82, 2.24) is 0 Å². The number of nitrogens with zero attached hydrogens (tertiary/aromatic N) is 1. The van der Waals surface area contributed by atoms with Crippen molar-refractivity contribution in [3.63, 3.8) is 0 Å². The number of nitriles is 1. The van der Waals surface area contributed by atoms with Gasteiger partial charge in [-0.15, -0.1) is 12.3 Å². The van der Waals surface area contributed by atoms with Crippen LogP contribution in [0.5, 0.6) is 0 Å². The Kier molecular flexibility index (Phi) is 0.329. The molecule has 0 aromatic rings. The van der Waals surface area contributed by atoms with E-state index in [9.17, 15) is 0 Å². The summed E-state index contributed by atoms with van der Waals surface area (Å²) in [4.78, 5) is 12.6. The van der Waals surface area contributed by atoms with Crippen LogP contribution in [0.25, 0.3) is 0 Å². The number of fused-ring (bicyclic) bond motifs is 10. The third-order valence-corrected chi connectivity index (χ3v) is 57.7. The SMILES string of the molecule is C#CCCCC#N.C#C[C]12[CH]3[CH]4[CH]5[CH]1[Fe]45321678[CH]2[CH]1[CH]6[CH]7[CH]28. The van der Waals surface area contributed by atoms with Crippen LogP contribution < -0.4 is 0 Å². The van der Waals surface area contributed by atoms with Crippen molar-refractivity contribution in [3.05, 3.63) is 0 Å². The van der Waals surface area contributed by atoms with Gasteiger partial charge in [0.05, 0.1) is 6.07 Å². The normalized spacial score (nSPS) is 101. The van der Waals surface area contributed by atoms with Gasteiger partial charge in [0.1, 0.15) is 0 Å². The van der Waals surface area contributed by atoms with Gasteiger partial charge in [-0.25, -0.2) is 0 Å². The van der Waals surface area contributed by atoms with Gasteiger partial charge in [-0.1, -0.05) is 0 Å². The fraction of sp³-hybridized carbons (Fsp3) is 0.722. The van der Waals surface area contributed by atoms with Gasteiger partial charge in [0.15, 0.2) is 0 Å². The third kappa shape index (κ3) is 0.0928. The summed E-state index contributed by atoms with van der Waals surface area (Å²) in [6, 6.07) is 2.01. The Morgan fingerprint density at radius 1 is 0.900 bits per heavy atom. The van der Waals surface area contributed by atoms with Gasteiger partial charge in [-0.05, 0) is 6.42 Å². The zero-order valence-electron chi connectivity index (χ0n) is 11.3. The van der Waals surface area contributed by atoms with Crippen molar-refractivity contribution in [3.8, 4) is 30.8 Å². The van der Waals surface area contributed by atoms with E-state index in [-0.39, 0.29) is 0 Å². The predicted octanol–water partition coefficient (Wildman–Crippen LogP) is 4.69. The maximum atomic E-state index is 7.97. The van der Waals surface area contributed by atoms with Gasteiger partial charge in [0.25, 0.3) is 0 Å². The van der Waals surface area contributed by atoms with Crippen molar-refractivity contribution in [2.75, 3.05) is 0 Å². The molecular weight excluding hydrogens is 286 g/mol. The van der Waals surface area contributed by atoms with E-state index in [2.05, 4.69) is 11.8 Å². The molecular formula is C18H17FeN. The molecule has 10 rings (SSSR count). The topological polar surface area (TPSA) is 23.8 Å². The second-order valence-corrected chi connectivity index (χ2v) is 34.6. The number of rotatable bonds is 2. The molecule has 0 aliphatic carbocycles. The van der Waals surface area contributed by atoms with E-state index in [1.54, 1.807) is 0 Å². The molecule has 10 saturated heterocycles. The molecule has 0 bridgehead atoms. The van der Waals surface area contributed by atoms with Crippen LogP contribution in [-0.2, 0) is 6.51 Å². The van der Waals surface area contributed by atoms with Crippen LogP contribution in [-0.4, -0.2) is 0 Å². The Labute approximate surface area is 109 Å². The molecule has 0 radical (unpaired) electrons. The van der Waals surface area contributed by atoms with Crippen LogP contribution in [0.4, 0.5) is 0 Å². The Hall–Kier alpha value is -0.871. The number of terminal acetylenes is 2. The summed E-state index contributed by atoms with van der Waals surface area (Å²) in [7, 11) is 0. The Bertz CT molecular complexity index is 1050. The molecule has 10 fully saturated rings. The third-order valence-electron chi connectivity index (χ3n) is 15.5. The summed E-state index contributed by atoms with van der Waals surface area (Å²) in [5, 5.41) is 7.97. The second kappa shape index (κ2) is 0.770. The predicted molar refractivity (Wildman–Crippen MR) is 73.6 cm³/mol. The molecule has 0 aromatic carbocycles. The molecule has 4 atom stereocenters. The van der Waals surface area contributed by atoms with E-state index < -0.39 is 6.51 Å². The minimum atomic E-state index is -2.74. The van der Waals surface area contributed by atoms with Crippen molar-refractivity contribution < 1.29 is 6.51 Å². The molecule has 10 aliphatic rings.